The minimum absolute atomic E-state index is 0.334. The van der Waals surface area contributed by atoms with Gasteiger partial charge in [0.1, 0.15) is 0 Å². The third kappa shape index (κ3) is 3.42. The molecule has 0 amide bonds. The van der Waals surface area contributed by atoms with Crippen molar-refractivity contribution in [3.05, 3.63) is 155 Å². The van der Waals surface area contributed by atoms with E-state index in [4.69, 9.17) is 0 Å². The van der Waals surface area contributed by atoms with Crippen molar-refractivity contribution >= 4 is 11.1 Å². The van der Waals surface area contributed by atoms with E-state index in [1.54, 1.807) is 0 Å². The molecule has 4 aromatic rings. The lowest BCUT2D eigenvalue weighted by Gasteiger charge is -2.33. The summed E-state index contributed by atoms with van der Waals surface area (Å²) in [6.07, 6.45) is 4.72. The Kier molecular flexibility index (Phi) is 5.60. The van der Waals surface area contributed by atoms with Crippen molar-refractivity contribution in [3.8, 4) is 0 Å². The van der Waals surface area contributed by atoms with Gasteiger partial charge in [-0.05, 0) is 45.4 Å². The first-order valence-electron chi connectivity index (χ1n) is 11.5. The molecular weight excluding hydrogens is 384 g/mol. The molecule has 0 fully saturated rings. The van der Waals surface area contributed by atoms with Crippen LogP contribution in [0.15, 0.2) is 133 Å². The van der Waals surface area contributed by atoms with Crippen LogP contribution in [0.4, 0.5) is 0 Å². The number of hydrogen-bond donors (Lipinski definition) is 0. The Balaban J connectivity index is 1.93. The maximum atomic E-state index is 2.55. The Morgan fingerprint density at radius 3 is 1.44 bits per heavy atom. The summed E-state index contributed by atoms with van der Waals surface area (Å²) in [5, 5.41) is 0. The Morgan fingerprint density at radius 2 is 0.969 bits per heavy atom. The van der Waals surface area contributed by atoms with Gasteiger partial charge >= 0.3 is 0 Å². The van der Waals surface area contributed by atoms with Crippen LogP contribution in [0.2, 0.25) is 0 Å². The zero-order valence-corrected chi connectivity index (χ0v) is 18.5. The van der Waals surface area contributed by atoms with Crippen LogP contribution in [-0.4, -0.2) is 0 Å². The molecule has 1 aliphatic rings. The van der Waals surface area contributed by atoms with Gasteiger partial charge in [-0.15, -0.1) is 0 Å². The van der Waals surface area contributed by atoms with Gasteiger partial charge in [-0.1, -0.05) is 141 Å². The van der Waals surface area contributed by atoms with Crippen molar-refractivity contribution in [1.29, 1.82) is 0 Å². The van der Waals surface area contributed by atoms with E-state index in [0.29, 0.717) is 0 Å². The van der Waals surface area contributed by atoms with Gasteiger partial charge in [-0.3, -0.25) is 0 Å². The molecule has 0 N–H and O–H groups in total. The summed E-state index contributed by atoms with van der Waals surface area (Å²) in [6.45, 7) is 2.27. The lowest BCUT2D eigenvalue weighted by atomic mass is 9.68. The predicted molar refractivity (Wildman–Crippen MR) is 136 cm³/mol. The zero-order valence-electron chi connectivity index (χ0n) is 18.5. The average molecular weight is 413 g/mol. The highest BCUT2D eigenvalue weighted by Crippen LogP contribution is 2.56. The maximum absolute atomic E-state index is 2.55. The summed E-state index contributed by atoms with van der Waals surface area (Å²) < 4.78 is 0. The van der Waals surface area contributed by atoms with Crippen LogP contribution in [0.1, 0.15) is 42.0 Å². The minimum Gasteiger partial charge on any atom is -0.0651 e. The predicted octanol–water partition coefficient (Wildman–Crippen LogP) is 8.32. The third-order valence-corrected chi connectivity index (χ3v) is 6.46. The van der Waals surface area contributed by atoms with Crippen LogP contribution in [0.3, 0.4) is 0 Å². The van der Waals surface area contributed by atoms with Crippen LogP contribution in [-0.2, 0) is 5.41 Å². The quantitative estimate of drug-likeness (QED) is 0.299. The van der Waals surface area contributed by atoms with E-state index < -0.39 is 0 Å². The Labute approximate surface area is 191 Å². The maximum Gasteiger partial charge on any atom is 0.0650 e. The fourth-order valence-electron chi connectivity index (χ4n) is 5.17. The van der Waals surface area contributed by atoms with Gasteiger partial charge in [0.25, 0.3) is 0 Å². The molecule has 0 saturated heterocycles. The second kappa shape index (κ2) is 8.85. The molecule has 0 aliphatic heterocycles. The van der Waals surface area contributed by atoms with E-state index in [2.05, 4.69) is 134 Å². The number of hydrogen-bond acceptors (Lipinski definition) is 0. The molecule has 0 nitrogen and oxygen atoms in total. The zero-order chi connectivity index (χ0) is 21.8. The lowest BCUT2D eigenvalue weighted by molar-refractivity contribution is 0.837. The summed E-state index contributed by atoms with van der Waals surface area (Å²) >= 11 is 0. The second-order valence-electron chi connectivity index (χ2n) is 8.44. The molecule has 0 unspecified atom stereocenters. The topological polar surface area (TPSA) is 0 Å². The van der Waals surface area contributed by atoms with Gasteiger partial charge in [0.2, 0.25) is 0 Å². The molecule has 0 bridgehead atoms. The summed E-state index contributed by atoms with van der Waals surface area (Å²) in [5.41, 5.74) is 9.05. The molecule has 5 rings (SSSR count). The molecule has 1 aliphatic carbocycles. The summed E-state index contributed by atoms with van der Waals surface area (Å²) in [4.78, 5) is 0. The van der Waals surface area contributed by atoms with Gasteiger partial charge in [0.05, 0.1) is 5.41 Å². The molecule has 0 atom stereocenters. The molecule has 4 aromatic carbocycles. The summed E-state index contributed by atoms with van der Waals surface area (Å²) in [7, 11) is 0. The highest BCUT2D eigenvalue weighted by Gasteiger charge is 2.43. The van der Waals surface area contributed by atoms with E-state index in [9.17, 15) is 0 Å². The monoisotopic (exact) mass is 412 g/mol. The summed E-state index contributed by atoms with van der Waals surface area (Å²) in [5.74, 6) is 0. The van der Waals surface area contributed by atoms with Crippen molar-refractivity contribution in [3.63, 3.8) is 0 Å². The molecule has 0 aromatic heterocycles. The standard InChI is InChI=1S/C32H28/c1-2-15-27-24-32(28-20-11-5-12-21-28,29-22-13-6-14-23-29)31(26-18-9-4-10-19-26)30(27)25-16-7-3-8-17-25/h3-14,16-24H,2,15H2,1H3. The van der Waals surface area contributed by atoms with E-state index in [0.717, 1.165) is 12.8 Å². The molecule has 0 heteroatoms. The third-order valence-electron chi connectivity index (χ3n) is 6.46. The minimum atomic E-state index is -0.334. The first kappa shape index (κ1) is 20.3. The lowest BCUT2D eigenvalue weighted by Crippen LogP contribution is -2.25. The van der Waals surface area contributed by atoms with Gasteiger partial charge in [0.15, 0.2) is 0 Å². The molecule has 0 heterocycles. The fraction of sp³-hybridized carbons (Fsp3) is 0.125. The van der Waals surface area contributed by atoms with E-state index >= 15 is 0 Å². The first-order valence-corrected chi connectivity index (χ1v) is 11.5. The number of allylic oxidation sites excluding steroid dienone is 4. The molecular formula is C32H28. The van der Waals surface area contributed by atoms with Crippen molar-refractivity contribution in [1.82, 2.24) is 0 Å². The average Bonchev–Trinajstić information content (AvgIpc) is 3.22. The number of rotatable bonds is 6. The van der Waals surface area contributed by atoms with E-state index in [-0.39, 0.29) is 5.41 Å². The highest BCUT2D eigenvalue weighted by molar-refractivity contribution is 6.08. The van der Waals surface area contributed by atoms with Crippen molar-refractivity contribution < 1.29 is 0 Å². The number of benzene rings is 4. The molecule has 0 saturated carbocycles. The first-order chi connectivity index (χ1) is 15.8. The van der Waals surface area contributed by atoms with Crippen LogP contribution in [0, 0.1) is 0 Å². The Bertz CT molecular complexity index is 1190. The van der Waals surface area contributed by atoms with Gasteiger partial charge in [-0.25, -0.2) is 0 Å². The van der Waals surface area contributed by atoms with Crippen molar-refractivity contribution in [2.24, 2.45) is 0 Å². The summed E-state index contributed by atoms with van der Waals surface area (Å²) in [6, 6.07) is 43.9. The van der Waals surface area contributed by atoms with Crippen molar-refractivity contribution in [2.45, 2.75) is 25.2 Å². The van der Waals surface area contributed by atoms with E-state index in [1.807, 2.05) is 0 Å². The van der Waals surface area contributed by atoms with Crippen LogP contribution >= 0.6 is 0 Å². The van der Waals surface area contributed by atoms with E-state index in [1.165, 1.54) is 39.0 Å². The molecule has 156 valence electrons. The Hall–Kier alpha value is -3.64. The molecule has 0 spiro atoms. The van der Waals surface area contributed by atoms with Crippen molar-refractivity contribution in [2.75, 3.05) is 0 Å². The molecule has 32 heavy (non-hydrogen) atoms. The van der Waals surface area contributed by atoms with Crippen LogP contribution < -0.4 is 0 Å². The van der Waals surface area contributed by atoms with Crippen LogP contribution in [0.25, 0.3) is 11.1 Å². The van der Waals surface area contributed by atoms with Crippen LogP contribution in [0.5, 0.6) is 0 Å². The largest absolute Gasteiger partial charge is 0.0651 e. The molecule has 0 radical (unpaired) electrons. The normalized spacial score (nSPS) is 15.0. The van der Waals surface area contributed by atoms with Gasteiger partial charge in [0, 0.05) is 0 Å². The smallest absolute Gasteiger partial charge is 0.0650 e. The van der Waals surface area contributed by atoms with Gasteiger partial charge < -0.3 is 0 Å². The SMILES string of the molecule is CCCC1=CC(c2ccccc2)(c2ccccc2)C(c2ccccc2)=C1c1ccccc1. The fourth-order valence-corrected chi connectivity index (χ4v) is 5.17. The highest BCUT2D eigenvalue weighted by atomic mass is 14.4. The second-order valence-corrected chi connectivity index (χ2v) is 8.44. The Morgan fingerprint density at radius 1 is 0.531 bits per heavy atom. The van der Waals surface area contributed by atoms with Gasteiger partial charge in [-0.2, -0.15) is 0 Å².